The van der Waals surface area contributed by atoms with Gasteiger partial charge in [0.25, 0.3) is 5.56 Å². The molecule has 0 bridgehead atoms. The second-order valence-electron chi connectivity index (χ2n) is 4.31. The predicted octanol–water partition coefficient (Wildman–Crippen LogP) is 3.54. The minimum absolute atomic E-state index is 0.0260. The fourth-order valence-electron chi connectivity index (χ4n) is 1.90. The average molecular weight is 236 g/mol. The standard InChI is InChI=1S/C13H14ClNO/c1-8(2)15-7-9(3)11-5-4-10(14)6-12(11)13(15)16/h4-8H,1-3H3. The highest BCUT2D eigenvalue weighted by molar-refractivity contribution is 6.31. The van der Waals surface area contributed by atoms with Crippen molar-refractivity contribution < 1.29 is 0 Å². The second kappa shape index (κ2) is 3.95. The lowest BCUT2D eigenvalue weighted by Gasteiger charge is -2.13. The number of nitrogens with zero attached hydrogens (tertiary/aromatic N) is 1. The fraction of sp³-hybridized carbons (Fsp3) is 0.308. The Bertz CT molecular complexity index is 599. The Morgan fingerprint density at radius 2 is 1.94 bits per heavy atom. The molecule has 0 unspecified atom stereocenters. The van der Waals surface area contributed by atoms with Crippen molar-refractivity contribution in [3.63, 3.8) is 0 Å². The van der Waals surface area contributed by atoms with Gasteiger partial charge < -0.3 is 4.57 Å². The number of hydrogen-bond acceptors (Lipinski definition) is 1. The fourth-order valence-corrected chi connectivity index (χ4v) is 2.07. The molecule has 0 atom stereocenters. The number of fused-ring (bicyclic) bond motifs is 1. The summed E-state index contributed by atoms with van der Waals surface area (Å²) in [7, 11) is 0. The van der Waals surface area contributed by atoms with Gasteiger partial charge in [-0.1, -0.05) is 17.7 Å². The number of aryl methyl sites for hydroxylation is 1. The van der Waals surface area contributed by atoms with Crippen LogP contribution in [-0.2, 0) is 0 Å². The van der Waals surface area contributed by atoms with E-state index in [0.717, 1.165) is 10.9 Å². The second-order valence-corrected chi connectivity index (χ2v) is 4.74. The highest BCUT2D eigenvalue weighted by Crippen LogP contribution is 2.20. The maximum absolute atomic E-state index is 12.2. The van der Waals surface area contributed by atoms with E-state index in [9.17, 15) is 4.79 Å². The molecule has 0 spiro atoms. The molecule has 0 N–H and O–H groups in total. The van der Waals surface area contributed by atoms with Gasteiger partial charge in [0.15, 0.2) is 0 Å². The van der Waals surface area contributed by atoms with Gasteiger partial charge in [-0.05, 0) is 43.9 Å². The number of rotatable bonds is 1. The molecule has 2 aromatic rings. The van der Waals surface area contributed by atoms with Crippen molar-refractivity contribution in [2.24, 2.45) is 0 Å². The Hall–Kier alpha value is -1.28. The van der Waals surface area contributed by atoms with Gasteiger partial charge in [0.05, 0.1) is 0 Å². The van der Waals surface area contributed by atoms with Gasteiger partial charge in [-0.15, -0.1) is 0 Å². The molecule has 3 heteroatoms. The zero-order valence-electron chi connectivity index (χ0n) is 9.62. The van der Waals surface area contributed by atoms with Crippen LogP contribution < -0.4 is 5.56 Å². The van der Waals surface area contributed by atoms with Crippen LogP contribution in [0.25, 0.3) is 10.8 Å². The zero-order chi connectivity index (χ0) is 11.9. The number of pyridine rings is 1. The molecule has 1 aromatic heterocycles. The van der Waals surface area contributed by atoms with E-state index in [2.05, 4.69) is 0 Å². The summed E-state index contributed by atoms with van der Waals surface area (Å²) in [5, 5.41) is 2.28. The summed E-state index contributed by atoms with van der Waals surface area (Å²) in [5.41, 5.74) is 1.12. The first kappa shape index (κ1) is 11.2. The van der Waals surface area contributed by atoms with Crippen LogP contribution in [0.3, 0.4) is 0 Å². The van der Waals surface area contributed by atoms with E-state index in [1.807, 2.05) is 39.1 Å². The van der Waals surface area contributed by atoms with E-state index in [-0.39, 0.29) is 11.6 Å². The molecule has 2 rings (SSSR count). The van der Waals surface area contributed by atoms with Crippen LogP contribution in [0.15, 0.2) is 29.2 Å². The summed E-state index contributed by atoms with van der Waals surface area (Å²) >= 11 is 5.93. The molecule has 1 heterocycles. The Morgan fingerprint density at radius 1 is 1.25 bits per heavy atom. The molecule has 0 aliphatic rings. The molecule has 1 aromatic carbocycles. The van der Waals surface area contributed by atoms with Crippen molar-refractivity contribution in [1.82, 2.24) is 4.57 Å². The van der Waals surface area contributed by atoms with Gasteiger partial charge in [-0.25, -0.2) is 0 Å². The van der Waals surface area contributed by atoms with Gasteiger partial charge in [0.2, 0.25) is 0 Å². The van der Waals surface area contributed by atoms with Gasteiger partial charge >= 0.3 is 0 Å². The summed E-state index contributed by atoms with van der Waals surface area (Å²) in [5.74, 6) is 0. The Labute approximate surface area is 99.5 Å². The third kappa shape index (κ3) is 1.74. The zero-order valence-corrected chi connectivity index (χ0v) is 10.4. The van der Waals surface area contributed by atoms with Crippen LogP contribution in [-0.4, -0.2) is 4.57 Å². The van der Waals surface area contributed by atoms with Gasteiger partial charge in [0.1, 0.15) is 0 Å². The molecule has 0 saturated carbocycles. The molecule has 0 fully saturated rings. The van der Waals surface area contributed by atoms with Crippen LogP contribution in [0.5, 0.6) is 0 Å². The molecule has 0 aliphatic heterocycles. The first-order valence-electron chi connectivity index (χ1n) is 5.31. The smallest absolute Gasteiger partial charge is 0.258 e. The maximum Gasteiger partial charge on any atom is 0.258 e. The van der Waals surface area contributed by atoms with E-state index in [4.69, 9.17) is 11.6 Å². The lowest BCUT2D eigenvalue weighted by Crippen LogP contribution is -2.22. The Balaban J connectivity index is 2.92. The molecule has 2 nitrogen and oxygen atoms in total. The lowest BCUT2D eigenvalue weighted by molar-refractivity contribution is 0.581. The SMILES string of the molecule is Cc1cn(C(C)C)c(=O)c2cc(Cl)ccc12. The predicted molar refractivity (Wildman–Crippen MR) is 68.3 cm³/mol. The van der Waals surface area contributed by atoms with Gasteiger partial charge in [-0.2, -0.15) is 0 Å². The summed E-state index contributed by atoms with van der Waals surface area (Å²) in [6, 6.07) is 5.62. The molecule has 0 amide bonds. The molecule has 0 radical (unpaired) electrons. The average Bonchev–Trinajstić information content (AvgIpc) is 2.22. The molecule has 0 aliphatic carbocycles. The van der Waals surface area contributed by atoms with Gasteiger partial charge in [-0.3, -0.25) is 4.79 Å². The van der Waals surface area contributed by atoms with Crippen molar-refractivity contribution in [2.45, 2.75) is 26.8 Å². The van der Waals surface area contributed by atoms with Crippen molar-refractivity contribution in [2.75, 3.05) is 0 Å². The number of hydrogen-bond donors (Lipinski definition) is 0. The van der Waals surface area contributed by atoms with Crippen molar-refractivity contribution in [3.8, 4) is 0 Å². The van der Waals surface area contributed by atoms with Crippen LogP contribution in [0.1, 0.15) is 25.5 Å². The monoisotopic (exact) mass is 235 g/mol. The Morgan fingerprint density at radius 3 is 2.56 bits per heavy atom. The van der Waals surface area contributed by atoms with Gasteiger partial charge in [0, 0.05) is 22.6 Å². The lowest BCUT2D eigenvalue weighted by atomic mass is 10.1. The third-order valence-electron chi connectivity index (χ3n) is 2.76. The third-order valence-corrected chi connectivity index (χ3v) is 3.00. The van der Waals surface area contributed by atoms with Crippen LogP contribution in [0, 0.1) is 6.92 Å². The van der Waals surface area contributed by atoms with E-state index in [0.29, 0.717) is 10.4 Å². The number of aromatic nitrogens is 1. The minimum atomic E-state index is 0.0260. The van der Waals surface area contributed by atoms with E-state index in [1.165, 1.54) is 0 Å². The molecule has 16 heavy (non-hydrogen) atoms. The minimum Gasteiger partial charge on any atom is -0.312 e. The summed E-state index contributed by atoms with van der Waals surface area (Å²) in [6.45, 7) is 6.00. The maximum atomic E-state index is 12.2. The quantitative estimate of drug-likeness (QED) is 0.741. The van der Waals surface area contributed by atoms with Crippen molar-refractivity contribution in [3.05, 3.63) is 45.3 Å². The summed E-state index contributed by atoms with van der Waals surface area (Å²) in [6.07, 6.45) is 1.91. The van der Waals surface area contributed by atoms with Crippen LogP contribution in [0.2, 0.25) is 5.02 Å². The van der Waals surface area contributed by atoms with E-state index in [1.54, 1.807) is 10.6 Å². The number of benzene rings is 1. The summed E-state index contributed by atoms with van der Waals surface area (Å²) in [4.78, 5) is 12.2. The Kier molecular flexibility index (Phi) is 2.76. The largest absolute Gasteiger partial charge is 0.312 e. The first-order chi connectivity index (χ1) is 7.50. The topological polar surface area (TPSA) is 22.0 Å². The molecule has 0 saturated heterocycles. The number of halogens is 1. The van der Waals surface area contributed by atoms with Crippen LogP contribution >= 0.6 is 11.6 Å². The molecular weight excluding hydrogens is 222 g/mol. The van der Waals surface area contributed by atoms with Crippen LogP contribution in [0.4, 0.5) is 0 Å². The molecular formula is C13H14ClNO. The van der Waals surface area contributed by atoms with Crippen molar-refractivity contribution >= 4 is 22.4 Å². The normalized spacial score (nSPS) is 11.3. The highest BCUT2D eigenvalue weighted by Gasteiger charge is 2.08. The first-order valence-corrected chi connectivity index (χ1v) is 5.69. The van der Waals surface area contributed by atoms with Crippen molar-refractivity contribution in [1.29, 1.82) is 0 Å². The summed E-state index contributed by atoms with van der Waals surface area (Å²) < 4.78 is 1.74. The molecule has 84 valence electrons. The van der Waals surface area contributed by atoms with E-state index >= 15 is 0 Å². The van der Waals surface area contributed by atoms with E-state index < -0.39 is 0 Å². The highest BCUT2D eigenvalue weighted by atomic mass is 35.5.